The molecule has 1 saturated carbocycles. The lowest BCUT2D eigenvalue weighted by atomic mass is 10.2. The number of methoxy groups -OCH3 is 1. The fourth-order valence-electron chi connectivity index (χ4n) is 2.19. The van der Waals surface area contributed by atoms with Crippen LogP contribution in [-0.2, 0) is 4.74 Å². The quantitative estimate of drug-likeness (QED) is 0.903. The Balaban J connectivity index is 1.92. The van der Waals surface area contributed by atoms with Gasteiger partial charge in [0.05, 0.1) is 18.5 Å². The van der Waals surface area contributed by atoms with Gasteiger partial charge in [-0.2, -0.15) is 5.10 Å². The van der Waals surface area contributed by atoms with Crippen LogP contribution in [-0.4, -0.2) is 47.3 Å². The van der Waals surface area contributed by atoms with Crippen molar-refractivity contribution in [1.29, 1.82) is 0 Å². The fraction of sp³-hybridized carbons (Fsp3) is 0.462. The summed E-state index contributed by atoms with van der Waals surface area (Å²) in [5.74, 6) is -0.0231. The first-order valence-corrected chi connectivity index (χ1v) is 7.33. The van der Waals surface area contributed by atoms with E-state index in [9.17, 15) is 4.79 Å². The maximum absolute atomic E-state index is 12.7. The van der Waals surface area contributed by atoms with Crippen LogP contribution in [0.2, 0.25) is 0 Å². The van der Waals surface area contributed by atoms with E-state index in [2.05, 4.69) is 10.2 Å². The van der Waals surface area contributed by atoms with Gasteiger partial charge in [-0.05, 0) is 18.9 Å². The Kier molecular flexibility index (Phi) is 3.54. The molecule has 1 aliphatic carbocycles. The fourth-order valence-corrected chi connectivity index (χ4v) is 3.18. The highest BCUT2D eigenvalue weighted by Crippen LogP contribution is 2.35. The number of nitrogens with zero attached hydrogens (tertiary/aromatic N) is 3. The predicted octanol–water partition coefficient (Wildman–Crippen LogP) is 1.52. The molecule has 1 amide bonds. The molecular weight excluding hydrogens is 276 g/mol. The van der Waals surface area contributed by atoms with Crippen molar-refractivity contribution in [3.63, 3.8) is 0 Å². The highest BCUT2D eigenvalue weighted by Gasteiger charge is 2.34. The molecule has 106 valence electrons. The van der Waals surface area contributed by atoms with Crippen LogP contribution in [0.4, 0.5) is 5.69 Å². The van der Waals surface area contributed by atoms with E-state index in [1.807, 2.05) is 4.90 Å². The van der Waals surface area contributed by atoms with Crippen LogP contribution in [0.3, 0.4) is 0 Å². The summed E-state index contributed by atoms with van der Waals surface area (Å²) in [5, 5.41) is 8.65. The molecule has 7 heteroatoms. The monoisotopic (exact) mass is 292 g/mol. The summed E-state index contributed by atoms with van der Waals surface area (Å²) in [6.07, 6.45) is 3.70. The first kappa shape index (κ1) is 13.3. The molecule has 0 unspecified atom stereocenters. The van der Waals surface area contributed by atoms with Crippen molar-refractivity contribution in [2.45, 2.75) is 18.9 Å². The van der Waals surface area contributed by atoms with Crippen molar-refractivity contribution < 1.29 is 9.53 Å². The number of carbonyl (C=O) groups is 1. The van der Waals surface area contributed by atoms with Crippen LogP contribution >= 0.6 is 11.3 Å². The van der Waals surface area contributed by atoms with Crippen molar-refractivity contribution >= 4 is 33.1 Å². The molecule has 3 rings (SSSR count). The minimum Gasteiger partial charge on any atom is -0.397 e. The maximum Gasteiger partial charge on any atom is 0.266 e. The molecule has 0 spiro atoms. The van der Waals surface area contributed by atoms with Gasteiger partial charge in [-0.3, -0.25) is 4.79 Å². The van der Waals surface area contributed by atoms with E-state index in [4.69, 9.17) is 10.5 Å². The maximum atomic E-state index is 12.7. The van der Waals surface area contributed by atoms with Gasteiger partial charge in [-0.15, -0.1) is 16.4 Å². The third kappa shape index (κ3) is 2.34. The van der Waals surface area contributed by atoms with E-state index in [1.54, 1.807) is 19.4 Å². The molecule has 0 aromatic carbocycles. The number of amides is 1. The molecule has 20 heavy (non-hydrogen) atoms. The molecule has 0 aliphatic heterocycles. The largest absolute Gasteiger partial charge is 0.397 e. The lowest BCUT2D eigenvalue weighted by molar-refractivity contribution is 0.0686. The Morgan fingerprint density at radius 1 is 1.60 bits per heavy atom. The number of hydrogen-bond acceptors (Lipinski definition) is 6. The lowest BCUT2D eigenvalue weighted by Crippen LogP contribution is -2.35. The van der Waals surface area contributed by atoms with E-state index in [0.29, 0.717) is 34.6 Å². The molecule has 2 N–H and O–H groups in total. The predicted molar refractivity (Wildman–Crippen MR) is 77.8 cm³/mol. The Hall–Kier alpha value is -1.73. The van der Waals surface area contributed by atoms with E-state index >= 15 is 0 Å². The van der Waals surface area contributed by atoms with Gasteiger partial charge in [0.1, 0.15) is 9.71 Å². The molecule has 0 radical (unpaired) electrons. The summed E-state index contributed by atoms with van der Waals surface area (Å²) in [4.78, 5) is 15.8. The van der Waals surface area contributed by atoms with Crippen molar-refractivity contribution in [1.82, 2.24) is 15.1 Å². The topological polar surface area (TPSA) is 81.3 Å². The van der Waals surface area contributed by atoms with E-state index < -0.39 is 0 Å². The molecule has 0 bridgehead atoms. The zero-order valence-electron chi connectivity index (χ0n) is 11.2. The Morgan fingerprint density at radius 2 is 2.40 bits per heavy atom. The highest BCUT2D eigenvalue weighted by atomic mass is 32.1. The second-order valence-electron chi connectivity index (χ2n) is 4.82. The van der Waals surface area contributed by atoms with Gasteiger partial charge >= 0.3 is 0 Å². The molecule has 1 fully saturated rings. The van der Waals surface area contributed by atoms with E-state index in [-0.39, 0.29) is 5.91 Å². The molecule has 0 saturated heterocycles. The average Bonchev–Trinajstić information content (AvgIpc) is 3.24. The molecule has 1 aliphatic rings. The van der Waals surface area contributed by atoms with Crippen LogP contribution < -0.4 is 5.73 Å². The number of hydrogen-bond donors (Lipinski definition) is 1. The molecule has 6 nitrogen and oxygen atoms in total. The molecule has 0 atom stereocenters. The van der Waals surface area contributed by atoms with E-state index in [1.165, 1.54) is 11.3 Å². The first-order chi connectivity index (χ1) is 9.72. The summed E-state index contributed by atoms with van der Waals surface area (Å²) in [6.45, 7) is 1.13. The van der Waals surface area contributed by atoms with E-state index in [0.717, 1.165) is 18.2 Å². The number of anilines is 1. The number of nitrogen functional groups attached to an aromatic ring is 1. The number of thiophene rings is 1. The Morgan fingerprint density at radius 3 is 3.05 bits per heavy atom. The van der Waals surface area contributed by atoms with Gasteiger partial charge in [-0.25, -0.2) is 0 Å². The number of fused-ring (bicyclic) bond motifs is 1. The average molecular weight is 292 g/mol. The van der Waals surface area contributed by atoms with Crippen molar-refractivity contribution in [2.24, 2.45) is 0 Å². The molecule has 2 aromatic rings. The van der Waals surface area contributed by atoms with Crippen LogP contribution in [0.15, 0.2) is 12.3 Å². The number of carbonyl (C=O) groups excluding carboxylic acids is 1. The third-order valence-corrected chi connectivity index (χ3v) is 4.49. The number of ether oxygens (including phenoxy) is 1. The van der Waals surface area contributed by atoms with Gasteiger partial charge in [0.15, 0.2) is 0 Å². The van der Waals surface area contributed by atoms with Crippen molar-refractivity contribution in [2.75, 3.05) is 26.0 Å². The zero-order valence-corrected chi connectivity index (χ0v) is 12.0. The minimum absolute atomic E-state index is 0.0231. The van der Waals surface area contributed by atoms with Gasteiger partial charge < -0.3 is 15.4 Å². The summed E-state index contributed by atoms with van der Waals surface area (Å²) in [5.41, 5.74) is 6.60. The Bertz CT molecular complexity index is 638. The van der Waals surface area contributed by atoms with Gasteiger partial charge in [-0.1, -0.05) is 0 Å². The second-order valence-corrected chi connectivity index (χ2v) is 5.82. The summed E-state index contributed by atoms with van der Waals surface area (Å²) in [6, 6.07) is 2.12. The number of aromatic nitrogens is 2. The summed E-state index contributed by atoms with van der Waals surface area (Å²) >= 11 is 1.31. The number of nitrogens with two attached hydrogens (primary N) is 1. The SMILES string of the molecule is COCCN(C(=O)c1sc2nnccc2c1N)C1CC1. The Labute approximate surface area is 120 Å². The van der Waals surface area contributed by atoms with Crippen LogP contribution in [0.5, 0.6) is 0 Å². The molecule has 2 aromatic heterocycles. The van der Waals surface area contributed by atoms with Gasteiger partial charge in [0.25, 0.3) is 5.91 Å². The van der Waals surface area contributed by atoms with Crippen LogP contribution in [0.25, 0.3) is 10.2 Å². The molecule has 2 heterocycles. The summed E-state index contributed by atoms with van der Waals surface area (Å²) < 4.78 is 5.08. The molecular formula is C13H16N4O2S. The lowest BCUT2D eigenvalue weighted by Gasteiger charge is -2.21. The van der Waals surface area contributed by atoms with Crippen molar-refractivity contribution in [3.8, 4) is 0 Å². The summed E-state index contributed by atoms with van der Waals surface area (Å²) in [7, 11) is 1.64. The van der Waals surface area contributed by atoms with Crippen LogP contribution in [0.1, 0.15) is 22.5 Å². The zero-order chi connectivity index (χ0) is 14.1. The van der Waals surface area contributed by atoms with Crippen LogP contribution in [0, 0.1) is 0 Å². The standard InChI is InChI=1S/C13H16N4O2S/c1-19-7-6-17(8-2-3-8)13(18)11-10(14)9-4-5-15-16-12(9)20-11/h4-5,8H,2-3,6-7,14H2,1H3. The highest BCUT2D eigenvalue weighted by molar-refractivity contribution is 7.21. The second kappa shape index (κ2) is 5.34. The van der Waals surface area contributed by atoms with Gasteiger partial charge in [0.2, 0.25) is 0 Å². The van der Waals surface area contributed by atoms with Crippen molar-refractivity contribution in [3.05, 3.63) is 17.1 Å². The minimum atomic E-state index is -0.0231. The normalized spacial score (nSPS) is 14.7. The smallest absolute Gasteiger partial charge is 0.266 e. The number of rotatable bonds is 5. The van der Waals surface area contributed by atoms with Gasteiger partial charge in [0, 0.05) is 25.1 Å². The first-order valence-electron chi connectivity index (χ1n) is 6.52. The third-order valence-electron chi connectivity index (χ3n) is 3.40.